The number of aliphatic imine (C=N–C) groups is 1. The van der Waals surface area contributed by atoms with E-state index >= 15 is 0 Å². The number of ether oxygens (including phenoxy) is 1. The lowest BCUT2D eigenvalue weighted by atomic mass is 10.1. The summed E-state index contributed by atoms with van der Waals surface area (Å²) in [6.45, 7) is 4.41. The van der Waals surface area contributed by atoms with Crippen LogP contribution in [-0.4, -0.2) is 26.2 Å². The molecule has 0 saturated heterocycles. The van der Waals surface area contributed by atoms with Crippen molar-refractivity contribution in [3.8, 4) is 5.75 Å². The first-order valence-corrected chi connectivity index (χ1v) is 8.51. The smallest absolute Gasteiger partial charge is 0.191 e. The van der Waals surface area contributed by atoms with Crippen molar-refractivity contribution in [2.24, 2.45) is 4.99 Å². The molecule has 2 aromatic rings. The normalized spacial score (nSPS) is 10.7. The zero-order chi connectivity index (χ0) is 17.0. The third-order valence-electron chi connectivity index (χ3n) is 3.72. The number of hydrogen-bond donors (Lipinski definition) is 2. The highest BCUT2D eigenvalue weighted by Gasteiger charge is 2.02. The molecule has 25 heavy (non-hydrogen) atoms. The van der Waals surface area contributed by atoms with Crippen LogP contribution in [0.4, 0.5) is 0 Å². The lowest BCUT2D eigenvalue weighted by Gasteiger charge is -2.12. The van der Waals surface area contributed by atoms with Gasteiger partial charge in [-0.25, -0.2) is 4.99 Å². The van der Waals surface area contributed by atoms with Gasteiger partial charge in [0.1, 0.15) is 5.75 Å². The zero-order valence-corrected chi connectivity index (χ0v) is 17.3. The highest BCUT2D eigenvalue weighted by Crippen LogP contribution is 2.17. The van der Waals surface area contributed by atoms with Crippen molar-refractivity contribution in [3.63, 3.8) is 0 Å². The van der Waals surface area contributed by atoms with Gasteiger partial charge in [-0.05, 0) is 31.4 Å². The minimum atomic E-state index is 0. The van der Waals surface area contributed by atoms with E-state index in [1.54, 1.807) is 7.11 Å². The van der Waals surface area contributed by atoms with Crippen LogP contribution >= 0.6 is 24.0 Å². The van der Waals surface area contributed by atoms with Crippen LogP contribution in [-0.2, 0) is 13.0 Å². The number of hydrogen-bond acceptors (Lipinski definition) is 2. The van der Waals surface area contributed by atoms with Gasteiger partial charge in [0.2, 0.25) is 0 Å². The average molecular weight is 453 g/mol. The van der Waals surface area contributed by atoms with Gasteiger partial charge in [0.05, 0.1) is 13.7 Å². The Morgan fingerprint density at radius 2 is 1.72 bits per heavy atom. The number of aryl methyl sites for hydroxylation is 1. The highest BCUT2D eigenvalue weighted by atomic mass is 127. The maximum atomic E-state index is 5.38. The second-order valence-electron chi connectivity index (χ2n) is 5.52. The van der Waals surface area contributed by atoms with Crippen molar-refractivity contribution >= 4 is 29.9 Å². The van der Waals surface area contributed by atoms with Gasteiger partial charge in [-0.15, -0.1) is 24.0 Å². The Labute approximate surface area is 168 Å². The lowest BCUT2D eigenvalue weighted by molar-refractivity contribution is 0.410. The summed E-state index contributed by atoms with van der Waals surface area (Å²) < 4.78 is 5.38. The molecule has 0 bridgehead atoms. The number of nitrogens with one attached hydrogen (secondary N) is 2. The van der Waals surface area contributed by atoms with Crippen LogP contribution < -0.4 is 15.4 Å². The Bertz CT molecular complexity index is 632. The summed E-state index contributed by atoms with van der Waals surface area (Å²) in [6.07, 6.45) is 2.14. The molecule has 0 radical (unpaired) electrons. The van der Waals surface area contributed by atoms with E-state index in [0.29, 0.717) is 6.54 Å². The maximum absolute atomic E-state index is 5.38. The lowest BCUT2D eigenvalue weighted by Crippen LogP contribution is -2.37. The molecule has 2 aromatic carbocycles. The molecule has 0 unspecified atom stereocenters. The molecule has 4 nitrogen and oxygen atoms in total. The van der Waals surface area contributed by atoms with E-state index in [-0.39, 0.29) is 24.0 Å². The molecule has 0 aliphatic heterocycles. The molecule has 136 valence electrons. The van der Waals surface area contributed by atoms with Gasteiger partial charge >= 0.3 is 0 Å². The van der Waals surface area contributed by atoms with E-state index in [4.69, 9.17) is 4.74 Å². The first kappa shape index (κ1) is 21.3. The van der Waals surface area contributed by atoms with Crippen molar-refractivity contribution < 1.29 is 4.74 Å². The Morgan fingerprint density at radius 3 is 2.44 bits per heavy atom. The Hall–Kier alpha value is -1.76. The molecular formula is C20H28IN3O. The highest BCUT2D eigenvalue weighted by molar-refractivity contribution is 14.0. The maximum Gasteiger partial charge on any atom is 0.191 e. The van der Waals surface area contributed by atoms with Gasteiger partial charge < -0.3 is 15.4 Å². The minimum Gasteiger partial charge on any atom is -0.496 e. The topological polar surface area (TPSA) is 45.7 Å². The Balaban J connectivity index is 0.00000312. The molecule has 0 aliphatic carbocycles. The molecule has 0 atom stereocenters. The number of benzene rings is 2. The standard InChI is InChI=1S/C20H27N3O.HI/c1-3-21-20(22-15-9-12-17-10-5-4-6-11-17)23-16-18-13-7-8-14-19(18)24-2;/h4-8,10-11,13-14H,3,9,12,15-16H2,1-2H3,(H2,21,22,23);1H. The molecule has 2 rings (SSSR count). The van der Waals surface area contributed by atoms with Gasteiger partial charge in [0.15, 0.2) is 5.96 Å². The molecule has 0 amide bonds. The predicted molar refractivity (Wildman–Crippen MR) is 116 cm³/mol. The van der Waals surface area contributed by atoms with E-state index in [2.05, 4.69) is 52.9 Å². The monoisotopic (exact) mass is 453 g/mol. The Morgan fingerprint density at radius 1 is 1.00 bits per heavy atom. The molecule has 0 spiro atoms. The number of rotatable bonds is 8. The van der Waals surface area contributed by atoms with Crippen LogP contribution in [0.5, 0.6) is 5.75 Å². The largest absolute Gasteiger partial charge is 0.496 e. The quantitative estimate of drug-likeness (QED) is 0.275. The van der Waals surface area contributed by atoms with Crippen LogP contribution in [0.1, 0.15) is 24.5 Å². The van der Waals surface area contributed by atoms with Crippen LogP contribution in [0.25, 0.3) is 0 Å². The predicted octanol–water partition coefficient (Wildman–Crippen LogP) is 4.00. The molecular weight excluding hydrogens is 425 g/mol. The zero-order valence-electron chi connectivity index (χ0n) is 15.0. The summed E-state index contributed by atoms with van der Waals surface area (Å²) >= 11 is 0. The van der Waals surface area contributed by atoms with Crippen molar-refractivity contribution in [2.45, 2.75) is 26.3 Å². The molecule has 0 fully saturated rings. The third kappa shape index (κ3) is 7.77. The molecule has 2 N–H and O–H groups in total. The second kappa shape index (κ2) is 12.6. The van der Waals surface area contributed by atoms with E-state index in [9.17, 15) is 0 Å². The first-order chi connectivity index (χ1) is 11.8. The van der Waals surface area contributed by atoms with Crippen molar-refractivity contribution in [3.05, 3.63) is 65.7 Å². The Kier molecular flexibility index (Phi) is 10.7. The molecule has 0 saturated carbocycles. The summed E-state index contributed by atoms with van der Waals surface area (Å²) in [7, 11) is 1.69. The van der Waals surface area contributed by atoms with Gasteiger partial charge in [-0.1, -0.05) is 48.5 Å². The second-order valence-corrected chi connectivity index (χ2v) is 5.52. The van der Waals surface area contributed by atoms with Gasteiger partial charge in [0, 0.05) is 18.7 Å². The fraction of sp³-hybridized carbons (Fsp3) is 0.350. The SMILES string of the molecule is CCNC(=NCc1ccccc1OC)NCCCc1ccccc1.I. The van der Waals surface area contributed by atoms with Gasteiger partial charge in [-0.3, -0.25) is 0 Å². The van der Waals surface area contributed by atoms with Gasteiger partial charge in [0.25, 0.3) is 0 Å². The first-order valence-electron chi connectivity index (χ1n) is 8.51. The molecule has 5 heteroatoms. The summed E-state index contributed by atoms with van der Waals surface area (Å²) in [6, 6.07) is 18.5. The van der Waals surface area contributed by atoms with Crippen molar-refractivity contribution in [1.82, 2.24) is 10.6 Å². The minimum absolute atomic E-state index is 0. The fourth-order valence-corrected chi connectivity index (χ4v) is 2.48. The van der Waals surface area contributed by atoms with Crippen LogP contribution in [0, 0.1) is 0 Å². The number of halogens is 1. The van der Waals surface area contributed by atoms with Gasteiger partial charge in [-0.2, -0.15) is 0 Å². The summed E-state index contributed by atoms with van der Waals surface area (Å²) in [5.41, 5.74) is 2.46. The fourth-order valence-electron chi connectivity index (χ4n) is 2.48. The van der Waals surface area contributed by atoms with E-state index in [1.165, 1.54) is 5.56 Å². The van der Waals surface area contributed by atoms with Crippen LogP contribution in [0.2, 0.25) is 0 Å². The van der Waals surface area contributed by atoms with E-state index in [1.807, 2.05) is 24.3 Å². The molecule has 0 aromatic heterocycles. The van der Waals surface area contributed by atoms with Crippen LogP contribution in [0.15, 0.2) is 59.6 Å². The number of para-hydroxylation sites is 1. The number of methoxy groups -OCH3 is 1. The summed E-state index contributed by atoms with van der Waals surface area (Å²) in [5, 5.41) is 6.68. The average Bonchev–Trinajstić information content (AvgIpc) is 2.64. The summed E-state index contributed by atoms with van der Waals surface area (Å²) in [5.74, 6) is 1.72. The van der Waals surface area contributed by atoms with E-state index < -0.39 is 0 Å². The summed E-state index contributed by atoms with van der Waals surface area (Å²) in [4.78, 5) is 4.65. The van der Waals surface area contributed by atoms with E-state index in [0.717, 1.165) is 43.2 Å². The molecule has 0 aliphatic rings. The third-order valence-corrected chi connectivity index (χ3v) is 3.72. The van der Waals surface area contributed by atoms with Crippen molar-refractivity contribution in [2.75, 3.05) is 20.2 Å². The number of guanidine groups is 1. The van der Waals surface area contributed by atoms with Crippen molar-refractivity contribution in [1.29, 1.82) is 0 Å². The number of nitrogens with zero attached hydrogens (tertiary/aromatic N) is 1. The van der Waals surface area contributed by atoms with Crippen LogP contribution in [0.3, 0.4) is 0 Å². The molecule has 0 heterocycles.